The Balaban J connectivity index is 1.21. The fourth-order valence-electron chi connectivity index (χ4n) is 9.81. The van der Waals surface area contributed by atoms with Gasteiger partial charge in [-0.25, -0.2) is 4.79 Å². The second-order valence-electron chi connectivity index (χ2n) is 18.4. The van der Waals surface area contributed by atoms with Crippen molar-refractivity contribution in [2.45, 2.75) is 127 Å². The third kappa shape index (κ3) is 11.2. The molecule has 2 aromatic rings. The summed E-state index contributed by atoms with van der Waals surface area (Å²) in [5.41, 5.74) is 8.32. The highest BCUT2D eigenvalue weighted by molar-refractivity contribution is 6.06. The van der Waals surface area contributed by atoms with Crippen LogP contribution in [-0.2, 0) is 38.1 Å². The van der Waals surface area contributed by atoms with Gasteiger partial charge in [-0.05, 0) is 72.1 Å². The number of nitrogens with one attached hydrogen (secondary N) is 4. The second-order valence-corrected chi connectivity index (χ2v) is 18.4. The minimum Gasteiger partial charge on any atom is -0.851 e. The maximum absolute atomic E-state index is 15.0. The molecule has 14 heteroatoms. The summed E-state index contributed by atoms with van der Waals surface area (Å²) in [6.45, 7) is 8.65. The monoisotopic (exact) mass is 928 g/mol. The van der Waals surface area contributed by atoms with Gasteiger partial charge in [-0.15, -0.1) is 12.2 Å². The summed E-state index contributed by atoms with van der Waals surface area (Å²) < 4.78 is 23.3. The highest BCUT2D eigenvalue weighted by Gasteiger charge is 2.50. The van der Waals surface area contributed by atoms with E-state index < -0.39 is 47.3 Å². The van der Waals surface area contributed by atoms with E-state index in [1.165, 1.54) is 0 Å². The van der Waals surface area contributed by atoms with Crippen molar-refractivity contribution >= 4 is 46.0 Å². The number of unbranched alkanes of at least 4 members (excludes halogenated alkanes) is 6. The molecule has 1 saturated heterocycles. The lowest BCUT2D eigenvalue weighted by Gasteiger charge is -2.63. The minimum atomic E-state index is -1.40. The number of hydrogen-bond acceptors (Lipinski definition) is 14. The molecule has 0 aromatic heterocycles. The average Bonchev–Trinajstić information content (AvgIpc) is 3.33. The molecule has 362 valence electrons. The van der Waals surface area contributed by atoms with Crippen LogP contribution in [0.15, 0.2) is 108 Å². The number of carbonyl (C=O) groups excluding carboxylic acids is 4. The van der Waals surface area contributed by atoms with Gasteiger partial charge in [0.1, 0.15) is 26.4 Å². The number of allylic oxidation sites excluding steroid dienone is 5. The van der Waals surface area contributed by atoms with Gasteiger partial charge >= 0.3 is 23.9 Å². The minimum absolute atomic E-state index is 0.0981. The molecule has 2 heterocycles. The summed E-state index contributed by atoms with van der Waals surface area (Å²) in [6, 6.07) is 9.31. The van der Waals surface area contributed by atoms with Gasteiger partial charge < -0.3 is 50.4 Å². The van der Waals surface area contributed by atoms with Crippen LogP contribution in [0.4, 0.5) is 11.4 Å². The van der Waals surface area contributed by atoms with Crippen molar-refractivity contribution in [2.24, 2.45) is 17.8 Å². The zero-order chi connectivity index (χ0) is 48.3. The normalized spacial score (nSPS) is 24.4. The maximum atomic E-state index is 15.0. The van der Waals surface area contributed by atoms with E-state index in [0.29, 0.717) is 47.5 Å². The molecule has 0 radical (unpaired) electrons. The van der Waals surface area contributed by atoms with Gasteiger partial charge in [-0.1, -0.05) is 119 Å². The lowest BCUT2D eigenvalue weighted by atomic mass is 9.60. The maximum Gasteiger partial charge on any atom is 0.339 e. The lowest BCUT2D eigenvalue weighted by Crippen LogP contribution is -2.70. The predicted molar refractivity (Wildman–Crippen MR) is 254 cm³/mol. The van der Waals surface area contributed by atoms with E-state index in [1.54, 1.807) is 6.07 Å². The molecule has 14 nitrogen and oxygen atoms in total. The molecule has 1 saturated carbocycles. The zero-order valence-electron chi connectivity index (χ0n) is 39.4. The van der Waals surface area contributed by atoms with Gasteiger partial charge in [-0.2, -0.15) is 0 Å². The molecule has 0 bridgehead atoms. The quantitative estimate of drug-likeness (QED) is 0.0309. The molecule has 7 rings (SSSR count). The Kier molecular flexibility index (Phi) is 16.6. The molecule has 2 aromatic carbocycles. The van der Waals surface area contributed by atoms with Crippen molar-refractivity contribution in [1.29, 1.82) is 0 Å². The van der Waals surface area contributed by atoms with Crippen molar-refractivity contribution in [3.63, 3.8) is 0 Å². The summed E-state index contributed by atoms with van der Waals surface area (Å²) in [6.07, 6.45) is 16.2. The van der Waals surface area contributed by atoms with E-state index in [0.717, 1.165) is 61.1 Å². The van der Waals surface area contributed by atoms with Crippen LogP contribution in [-0.4, -0.2) is 73.8 Å². The molecule has 5 atom stereocenters. The first-order chi connectivity index (χ1) is 33.0. The van der Waals surface area contributed by atoms with Gasteiger partial charge in [-0.3, -0.25) is 14.4 Å². The van der Waals surface area contributed by atoms with Crippen molar-refractivity contribution < 1.29 is 48.3 Å². The number of carbonyl (C=O) groups is 4. The van der Waals surface area contributed by atoms with Crippen LogP contribution in [0.3, 0.4) is 0 Å². The van der Waals surface area contributed by atoms with E-state index in [-0.39, 0.29) is 69.5 Å². The van der Waals surface area contributed by atoms with Crippen molar-refractivity contribution in [2.75, 3.05) is 37.1 Å². The van der Waals surface area contributed by atoms with E-state index >= 15 is 0 Å². The molecular formula is C54H64N4O10-2. The van der Waals surface area contributed by atoms with E-state index in [1.807, 2.05) is 55.5 Å². The summed E-state index contributed by atoms with van der Waals surface area (Å²) in [5.74, 6) is -4.28. The molecule has 0 spiro atoms. The lowest BCUT2D eigenvalue weighted by molar-refractivity contribution is -0.544. The average molecular weight is 929 g/mol. The fraction of sp³-hybridized carbons (Fsp3) is 0.500. The van der Waals surface area contributed by atoms with E-state index in [4.69, 9.17) is 18.9 Å². The predicted octanol–water partition coefficient (Wildman–Crippen LogP) is 6.51. The Hall–Kier alpha value is -6.26. The molecule has 5 unspecified atom stereocenters. The Labute approximate surface area is 399 Å². The second kappa shape index (κ2) is 22.7. The first-order valence-corrected chi connectivity index (χ1v) is 24.3. The van der Waals surface area contributed by atoms with Gasteiger partial charge in [0.05, 0.1) is 6.08 Å². The summed E-state index contributed by atoms with van der Waals surface area (Å²) >= 11 is 0. The van der Waals surface area contributed by atoms with Gasteiger partial charge in [0, 0.05) is 59.3 Å². The van der Waals surface area contributed by atoms with Gasteiger partial charge in [0.15, 0.2) is 11.3 Å². The number of esters is 4. The van der Waals surface area contributed by atoms with Gasteiger partial charge in [0.25, 0.3) is 0 Å². The topological polar surface area (TPSA) is 199 Å². The SMILES string of the molecule is C=C=C=C=CC(=O)OCC1(COC(=O)CCCCC)Nc2cccc3ccc(C4C([O-])C(C5=C6NC(COC(=O)CCCCC)(COC(=O)CCCCC)NC7=CC=CC(C=C5)C76)C4[O-])c(c23)N1. The summed E-state index contributed by atoms with van der Waals surface area (Å²) in [4.78, 5) is 51.9. The van der Waals surface area contributed by atoms with Crippen molar-refractivity contribution in [3.8, 4) is 0 Å². The summed E-state index contributed by atoms with van der Waals surface area (Å²) in [7, 11) is 0. The zero-order valence-corrected chi connectivity index (χ0v) is 39.4. The largest absolute Gasteiger partial charge is 0.851 e. The van der Waals surface area contributed by atoms with Crippen LogP contribution >= 0.6 is 0 Å². The van der Waals surface area contributed by atoms with Gasteiger partial charge in [0.2, 0.25) is 0 Å². The number of rotatable bonds is 23. The Morgan fingerprint density at radius 2 is 1.32 bits per heavy atom. The highest BCUT2D eigenvalue weighted by atomic mass is 16.6. The van der Waals surface area contributed by atoms with Crippen LogP contribution in [0.25, 0.3) is 10.8 Å². The molecule has 2 aliphatic heterocycles. The first kappa shape index (κ1) is 49.6. The van der Waals surface area contributed by atoms with Crippen molar-refractivity contribution in [1.82, 2.24) is 10.6 Å². The molecule has 3 aliphatic carbocycles. The molecular weight excluding hydrogens is 865 g/mol. The van der Waals surface area contributed by atoms with E-state index in [9.17, 15) is 29.4 Å². The number of anilines is 2. The molecule has 68 heavy (non-hydrogen) atoms. The van der Waals surface area contributed by atoms with Crippen LogP contribution in [0.2, 0.25) is 0 Å². The van der Waals surface area contributed by atoms with Crippen LogP contribution in [0.5, 0.6) is 0 Å². The van der Waals surface area contributed by atoms with Crippen LogP contribution < -0.4 is 31.5 Å². The standard InChI is InChI=1S/C54H64N4O10/c1-5-9-13-23-41(59)65-31-53(32-66-42(60)24-14-10-6-2)55-39-21-17-19-35-27-29-37(49(57-53)45(35)39)47-51(63)48(52(47)64)38-30-28-36-20-18-22-40-46(36)50(38)58-54(56-40,33-67-43(61)25-15-11-7-3)34-68-44(62)26-16-12-8-4/h17-23,27-30,36,46-48,51-52,55-58H,1,6-8,10-12,14-16,24-26,31-34H2,2-4H3/q-2. The third-order valence-electron chi connectivity index (χ3n) is 13.4. The van der Waals surface area contributed by atoms with E-state index in [2.05, 4.69) is 65.0 Å². The number of ether oxygens (including phenoxy) is 4. The fourth-order valence-corrected chi connectivity index (χ4v) is 9.81. The third-order valence-corrected chi connectivity index (χ3v) is 13.4. The summed E-state index contributed by atoms with van der Waals surface area (Å²) in [5, 5.41) is 45.5. The Morgan fingerprint density at radius 1 is 0.721 bits per heavy atom. The first-order valence-electron chi connectivity index (χ1n) is 24.3. The Bertz CT molecular complexity index is 2440. The Morgan fingerprint density at radius 3 is 1.93 bits per heavy atom. The van der Waals surface area contributed by atoms with Crippen LogP contribution in [0, 0.1) is 17.8 Å². The highest BCUT2D eigenvalue weighted by Crippen LogP contribution is 2.53. The molecule has 0 amide bonds. The van der Waals surface area contributed by atoms with Crippen LogP contribution in [0.1, 0.15) is 109 Å². The number of benzene rings is 2. The molecule has 4 N–H and O–H groups in total. The number of hydrogen-bond donors (Lipinski definition) is 4. The molecule has 5 aliphatic rings. The molecule has 2 fully saturated rings. The smallest absolute Gasteiger partial charge is 0.339 e. The van der Waals surface area contributed by atoms with Crippen molar-refractivity contribution in [3.05, 3.63) is 113 Å².